The van der Waals surface area contributed by atoms with E-state index in [4.69, 9.17) is 0 Å². The van der Waals surface area contributed by atoms with Crippen molar-refractivity contribution in [2.45, 2.75) is 75.5 Å². The Bertz CT molecular complexity index is 692. The highest BCUT2D eigenvalue weighted by Gasteiger charge is 2.56. The van der Waals surface area contributed by atoms with Crippen LogP contribution in [-0.2, 0) is 16.6 Å². The summed E-state index contributed by atoms with van der Waals surface area (Å²) in [6, 6.07) is 6.95. The number of ketones is 1. The van der Waals surface area contributed by atoms with E-state index in [2.05, 4.69) is 24.3 Å². The second-order valence-corrected chi connectivity index (χ2v) is 8.29. The third-order valence-corrected chi connectivity index (χ3v) is 7.20. The lowest BCUT2D eigenvalue weighted by atomic mass is 9.59. The maximum absolute atomic E-state index is 13.2. The summed E-state index contributed by atoms with van der Waals surface area (Å²) in [4.78, 5) is 13.2. The number of hydrogen-bond acceptors (Lipinski definition) is 1. The Labute approximate surface area is 139 Å². The lowest BCUT2D eigenvalue weighted by Crippen LogP contribution is -2.44. The van der Waals surface area contributed by atoms with Crippen molar-refractivity contribution in [2.24, 2.45) is 5.92 Å². The molecule has 1 nitrogen and oxygen atoms in total. The van der Waals surface area contributed by atoms with Crippen LogP contribution in [0.2, 0.25) is 0 Å². The number of fused-ring (bicyclic) bond motifs is 5. The van der Waals surface area contributed by atoms with E-state index in [1.165, 1.54) is 49.7 Å². The topological polar surface area (TPSA) is 17.1 Å². The predicted molar refractivity (Wildman–Crippen MR) is 92.7 cm³/mol. The molecule has 120 valence electrons. The number of benzene rings is 1. The highest BCUT2D eigenvalue weighted by Crippen LogP contribution is 2.59. The van der Waals surface area contributed by atoms with Gasteiger partial charge in [0, 0.05) is 6.42 Å². The summed E-state index contributed by atoms with van der Waals surface area (Å²) >= 11 is 0. The molecule has 0 saturated heterocycles. The van der Waals surface area contributed by atoms with Gasteiger partial charge in [0.1, 0.15) is 5.78 Å². The fourth-order valence-electron chi connectivity index (χ4n) is 6.17. The molecule has 1 aromatic carbocycles. The molecule has 1 spiro atoms. The van der Waals surface area contributed by atoms with Gasteiger partial charge in [-0.2, -0.15) is 0 Å². The Morgan fingerprint density at radius 3 is 2.65 bits per heavy atom. The lowest BCUT2D eigenvalue weighted by Gasteiger charge is -2.42. The fraction of sp³-hybridized carbons (Fsp3) is 0.591. The first-order valence-corrected chi connectivity index (χ1v) is 9.62. The van der Waals surface area contributed by atoms with E-state index < -0.39 is 0 Å². The van der Waals surface area contributed by atoms with E-state index in [9.17, 15) is 4.79 Å². The van der Waals surface area contributed by atoms with Crippen LogP contribution >= 0.6 is 0 Å². The maximum Gasteiger partial charge on any atom is 0.144 e. The van der Waals surface area contributed by atoms with Gasteiger partial charge < -0.3 is 0 Å². The van der Waals surface area contributed by atoms with Crippen LogP contribution in [0.1, 0.15) is 80.4 Å². The first kappa shape index (κ1) is 14.0. The van der Waals surface area contributed by atoms with E-state index >= 15 is 0 Å². The molecule has 0 amide bonds. The first-order valence-electron chi connectivity index (χ1n) is 9.62. The molecule has 0 radical (unpaired) electrons. The number of allylic oxidation sites excluding steroid dienone is 2. The van der Waals surface area contributed by atoms with Crippen LogP contribution in [0, 0.1) is 5.92 Å². The van der Waals surface area contributed by atoms with Gasteiger partial charge in [0.2, 0.25) is 0 Å². The van der Waals surface area contributed by atoms with Crippen LogP contribution in [0.5, 0.6) is 0 Å². The largest absolute Gasteiger partial charge is 0.299 e. The van der Waals surface area contributed by atoms with Crippen LogP contribution < -0.4 is 0 Å². The summed E-state index contributed by atoms with van der Waals surface area (Å²) in [5.74, 6) is 1.82. The molecule has 4 aliphatic rings. The molecule has 2 bridgehead atoms. The van der Waals surface area contributed by atoms with E-state index in [1.807, 2.05) is 0 Å². The zero-order valence-electron chi connectivity index (χ0n) is 13.9. The van der Waals surface area contributed by atoms with Gasteiger partial charge in [-0.3, -0.25) is 4.79 Å². The molecule has 2 unspecified atom stereocenters. The Morgan fingerprint density at radius 2 is 1.91 bits per heavy atom. The normalized spacial score (nSPS) is 33.1. The molecule has 23 heavy (non-hydrogen) atoms. The molecule has 0 aromatic heterocycles. The van der Waals surface area contributed by atoms with Crippen molar-refractivity contribution in [3.8, 4) is 0 Å². The monoisotopic (exact) mass is 306 g/mol. The predicted octanol–water partition coefficient (Wildman–Crippen LogP) is 5.23. The van der Waals surface area contributed by atoms with Crippen molar-refractivity contribution in [2.75, 3.05) is 0 Å². The quantitative estimate of drug-likeness (QED) is 0.649. The van der Waals surface area contributed by atoms with Crippen LogP contribution in [0.25, 0.3) is 0 Å². The zero-order chi connectivity index (χ0) is 15.4. The van der Waals surface area contributed by atoms with E-state index in [0.717, 1.165) is 25.7 Å². The van der Waals surface area contributed by atoms with Crippen molar-refractivity contribution < 1.29 is 4.79 Å². The molecule has 2 saturated carbocycles. The van der Waals surface area contributed by atoms with Gasteiger partial charge in [0.15, 0.2) is 0 Å². The van der Waals surface area contributed by atoms with E-state index in [1.54, 1.807) is 11.1 Å². The smallest absolute Gasteiger partial charge is 0.144 e. The summed E-state index contributed by atoms with van der Waals surface area (Å²) in [7, 11) is 0. The Kier molecular flexibility index (Phi) is 3.08. The van der Waals surface area contributed by atoms with E-state index in [0.29, 0.717) is 17.6 Å². The Morgan fingerprint density at radius 1 is 1.04 bits per heavy atom. The number of carbonyl (C=O) groups excluding carboxylic acids is 1. The molecule has 2 atom stereocenters. The lowest BCUT2D eigenvalue weighted by molar-refractivity contribution is -0.126. The SMILES string of the molecule is O=C1CCc2cccc(C3CCCCC3)c2C12CC1=CCC2C1. The second kappa shape index (κ2) is 5.06. The number of carbonyl (C=O) groups is 1. The molecule has 4 aliphatic carbocycles. The van der Waals surface area contributed by atoms with Crippen molar-refractivity contribution in [3.05, 3.63) is 46.5 Å². The van der Waals surface area contributed by atoms with Gasteiger partial charge in [0.25, 0.3) is 0 Å². The molecular formula is C22H26O. The third kappa shape index (κ3) is 1.89. The van der Waals surface area contributed by atoms with Crippen molar-refractivity contribution in [1.29, 1.82) is 0 Å². The van der Waals surface area contributed by atoms with Crippen molar-refractivity contribution in [3.63, 3.8) is 0 Å². The Balaban J connectivity index is 1.69. The summed E-state index contributed by atoms with van der Waals surface area (Å²) < 4.78 is 0. The van der Waals surface area contributed by atoms with Gasteiger partial charge >= 0.3 is 0 Å². The van der Waals surface area contributed by atoms with Crippen molar-refractivity contribution in [1.82, 2.24) is 0 Å². The van der Waals surface area contributed by atoms with Gasteiger partial charge in [-0.25, -0.2) is 0 Å². The average Bonchev–Trinajstić information content (AvgIpc) is 3.21. The third-order valence-electron chi connectivity index (χ3n) is 7.20. The van der Waals surface area contributed by atoms with Crippen molar-refractivity contribution >= 4 is 5.78 Å². The fourth-order valence-corrected chi connectivity index (χ4v) is 6.17. The standard InChI is InChI=1S/C22H26O/c23-20-12-10-17-7-4-8-19(16-5-2-1-3-6-16)21(17)22(20)14-15-9-11-18(22)13-15/h4,7-9,16,18H,1-3,5-6,10-14H2. The Hall–Kier alpha value is -1.37. The number of hydrogen-bond donors (Lipinski definition) is 0. The first-order chi connectivity index (χ1) is 11.3. The molecular weight excluding hydrogens is 280 g/mol. The van der Waals surface area contributed by atoms with Crippen LogP contribution in [-0.4, -0.2) is 5.78 Å². The number of Topliss-reactive ketones (excluding diaryl/α,β-unsaturated/α-hetero) is 1. The molecule has 0 aliphatic heterocycles. The second-order valence-electron chi connectivity index (χ2n) is 8.29. The number of aryl methyl sites for hydroxylation is 1. The highest BCUT2D eigenvalue weighted by atomic mass is 16.1. The summed E-state index contributed by atoms with van der Waals surface area (Å²) in [6.45, 7) is 0. The van der Waals surface area contributed by atoms with Gasteiger partial charge in [-0.15, -0.1) is 0 Å². The molecule has 1 aromatic rings. The van der Waals surface area contributed by atoms with Gasteiger partial charge in [-0.05, 0) is 67.1 Å². The molecule has 2 fully saturated rings. The van der Waals surface area contributed by atoms with Gasteiger partial charge in [-0.1, -0.05) is 49.1 Å². The average molecular weight is 306 g/mol. The van der Waals surface area contributed by atoms with Gasteiger partial charge in [0.05, 0.1) is 5.41 Å². The van der Waals surface area contributed by atoms with Crippen LogP contribution in [0.4, 0.5) is 0 Å². The van der Waals surface area contributed by atoms with Crippen LogP contribution in [0.3, 0.4) is 0 Å². The van der Waals surface area contributed by atoms with E-state index in [-0.39, 0.29) is 5.41 Å². The molecule has 5 rings (SSSR count). The molecule has 0 N–H and O–H groups in total. The van der Waals surface area contributed by atoms with Crippen LogP contribution in [0.15, 0.2) is 29.8 Å². The minimum absolute atomic E-state index is 0.133. The summed E-state index contributed by atoms with van der Waals surface area (Å²) in [6.07, 6.45) is 14.3. The summed E-state index contributed by atoms with van der Waals surface area (Å²) in [5, 5.41) is 0. The minimum Gasteiger partial charge on any atom is -0.299 e. The molecule has 1 heteroatoms. The zero-order valence-corrected chi connectivity index (χ0v) is 13.9. The number of rotatable bonds is 1. The molecule has 0 heterocycles. The highest BCUT2D eigenvalue weighted by molar-refractivity contribution is 5.94. The maximum atomic E-state index is 13.2. The summed E-state index contributed by atoms with van der Waals surface area (Å²) in [5.41, 5.74) is 6.00. The minimum atomic E-state index is -0.133.